The predicted octanol–water partition coefficient (Wildman–Crippen LogP) is 3.09. The Balaban J connectivity index is 2.12. The van der Waals surface area contributed by atoms with Crippen molar-refractivity contribution in [2.75, 3.05) is 5.32 Å². The zero-order valence-corrected chi connectivity index (χ0v) is 14.6. The summed E-state index contributed by atoms with van der Waals surface area (Å²) >= 11 is 5.93. The summed E-state index contributed by atoms with van der Waals surface area (Å²) in [5.74, 6) is -1.28. The van der Waals surface area contributed by atoms with Crippen molar-refractivity contribution in [3.8, 4) is 0 Å². The summed E-state index contributed by atoms with van der Waals surface area (Å²) in [5, 5.41) is 2.64. The number of hydrogen-bond donors (Lipinski definition) is 2. The van der Waals surface area contributed by atoms with E-state index in [1.165, 1.54) is 37.3 Å². The molecule has 5 nitrogen and oxygen atoms in total. The van der Waals surface area contributed by atoms with Crippen molar-refractivity contribution in [3.05, 3.63) is 58.9 Å². The fourth-order valence-corrected chi connectivity index (χ4v) is 3.37. The highest BCUT2D eigenvalue weighted by atomic mass is 35.5. The number of carbonyl (C=O) groups excluding carboxylic acids is 1. The number of amides is 1. The van der Waals surface area contributed by atoms with E-state index < -0.39 is 27.8 Å². The molecule has 0 radical (unpaired) electrons. The molecule has 1 unspecified atom stereocenters. The number of hydrogen-bond acceptors (Lipinski definition) is 3. The predicted molar refractivity (Wildman–Crippen MR) is 91.0 cm³/mol. The zero-order chi connectivity index (χ0) is 17.9. The van der Waals surface area contributed by atoms with Gasteiger partial charge in [0, 0.05) is 5.02 Å². The van der Waals surface area contributed by atoms with E-state index in [4.69, 9.17) is 11.6 Å². The highest BCUT2D eigenvalue weighted by Crippen LogP contribution is 2.20. The molecule has 0 spiro atoms. The highest BCUT2D eigenvalue weighted by Gasteiger charge is 2.23. The van der Waals surface area contributed by atoms with Crippen LogP contribution in [0.1, 0.15) is 12.5 Å². The van der Waals surface area contributed by atoms with Crippen molar-refractivity contribution in [3.63, 3.8) is 0 Å². The van der Waals surface area contributed by atoms with Crippen LogP contribution in [-0.4, -0.2) is 20.4 Å². The average molecular weight is 371 g/mol. The Labute approximate surface area is 144 Å². The largest absolute Gasteiger partial charge is 0.322 e. The normalized spacial score (nSPS) is 12.7. The third-order valence-electron chi connectivity index (χ3n) is 3.31. The van der Waals surface area contributed by atoms with Gasteiger partial charge in [-0.05, 0) is 43.7 Å². The first kappa shape index (κ1) is 18.4. The smallest absolute Gasteiger partial charge is 0.242 e. The molecule has 2 rings (SSSR count). The van der Waals surface area contributed by atoms with Crippen LogP contribution in [0.5, 0.6) is 0 Å². The summed E-state index contributed by atoms with van der Waals surface area (Å²) < 4.78 is 40.4. The summed E-state index contributed by atoms with van der Waals surface area (Å²) in [5.41, 5.74) is 0.716. The number of anilines is 1. The Kier molecular flexibility index (Phi) is 5.58. The fraction of sp³-hybridized carbons (Fsp3) is 0.188. The van der Waals surface area contributed by atoms with Gasteiger partial charge in [0.2, 0.25) is 15.9 Å². The van der Waals surface area contributed by atoms with Gasteiger partial charge in [-0.1, -0.05) is 29.8 Å². The molecule has 24 heavy (non-hydrogen) atoms. The van der Waals surface area contributed by atoms with Crippen LogP contribution in [0.25, 0.3) is 0 Å². The minimum Gasteiger partial charge on any atom is -0.322 e. The van der Waals surface area contributed by atoms with Crippen molar-refractivity contribution in [1.82, 2.24) is 4.72 Å². The molecule has 2 aromatic carbocycles. The SMILES string of the molecule is Cc1ccc(S(=O)(=O)NC(C)C(=O)Nc2ccccc2F)cc1Cl. The topological polar surface area (TPSA) is 75.3 Å². The standard InChI is InChI=1S/C16H16ClFN2O3S/c1-10-7-8-12(9-13(10)17)24(22,23)20-11(2)16(21)19-15-6-4-3-5-14(15)18/h3-9,11,20H,1-2H3,(H,19,21). The Morgan fingerprint density at radius 2 is 1.88 bits per heavy atom. The van der Waals surface area contributed by atoms with E-state index in [0.717, 1.165) is 5.56 Å². The third-order valence-corrected chi connectivity index (χ3v) is 5.26. The Morgan fingerprint density at radius 1 is 1.21 bits per heavy atom. The third kappa shape index (κ3) is 4.31. The van der Waals surface area contributed by atoms with Crippen LogP contribution in [0.15, 0.2) is 47.4 Å². The molecule has 1 atom stereocenters. The highest BCUT2D eigenvalue weighted by molar-refractivity contribution is 7.89. The molecule has 0 saturated heterocycles. The maximum Gasteiger partial charge on any atom is 0.242 e. The average Bonchev–Trinajstić information content (AvgIpc) is 2.51. The lowest BCUT2D eigenvalue weighted by Crippen LogP contribution is -2.41. The Hall–Kier alpha value is -1.96. The van der Waals surface area contributed by atoms with Crippen molar-refractivity contribution >= 4 is 33.2 Å². The van der Waals surface area contributed by atoms with Gasteiger partial charge in [0.15, 0.2) is 0 Å². The number of nitrogens with one attached hydrogen (secondary N) is 2. The van der Waals surface area contributed by atoms with Crippen molar-refractivity contribution in [1.29, 1.82) is 0 Å². The molecule has 128 valence electrons. The van der Waals surface area contributed by atoms with E-state index in [1.54, 1.807) is 19.1 Å². The van der Waals surface area contributed by atoms with Crippen LogP contribution in [0.2, 0.25) is 5.02 Å². The molecular formula is C16H16ClFN2O3S. The summed E-state index contributed by atoms with van der Waals surface area (Å²) in [7, 11) is -3.94. The molecule has 8 heteroatoms. The number of rotatable bonds is 5. The number of halogens is 2. The van der Waals surface area contributed by atoms with Crippen molar-refractivity contribution in [2.45, 2.75) is 24.8 Å². The second kappa shape index (κ2) is 7.29. The van der Waals surface area contributed by atoms with Crippen molar-refractivity contribution < 1.29 is 17.6 Å². The zero-order valence-electron chi connectivity index (χ0n) is 13.0. The van der Waals surface area contributed by atoms with Gasteiger partial charge in [0.05, 0.1) is 16.6 Å². The quantitative estimate of drug-likeness (QED) is 0.849. The van der Waals surface area contributed by atoms with Crippen LogP contribution >= 0.6 is 11.6 Å². The van der Waals surface area contributed by atoms with Crippen molar-refractivity contribution in [2.24, 2.45) is 0 Å². The molecule has 0 aliphatic carbocycles. The number of carbonyl (C=O) groups is 1. The molecular weight excluding hydrogens is 355 g/mol. The molecule has 2 aromatic rings. The second-order valence-electron chi connectivity index (χ2n) is 5.22. The lowest BCUT2D eigenvalue weighted by Gasteiger charge is -2.15. The van der Waals surface area contributed by atoms with Crippen LogP contribution in [0.4, 0.5) is 10.1 Å². The minimum atomic E-state index is -3.94. The molecule has 0 aliphatic rings. The number of aryl methyl sites for hydroxylation is 1. The van der Waals surface area contributed by atoms with Gasteiger partial charge in [-0.2, -0.15) is 4.72 Å². The summed E-state index contributed by atoms with van der Waals surface area (Å²) in [6.45, 7) is 3.11. The Bertz CT molecular complexity index is 871. The van der Waals surface area contributed by atoms with Gasteiger partial charge in [0.1, 0.15) is 5.82 Å². The lowest BCUT2D eigenvalue weighted by atomic mass is 10.2. The maximum atomic E-state index is 13.5. The fourth-order valence-electron chi connectivity index (χ4n) is 1.90. The first-order valence-electron chi connectivity index (χ1n) is 7.04. The van der Waals surface area contributed by atoms with Crippen LogP contribution < -0.4 is 10.0 Å². The first-order chi connectivity index (χ1) is 11.2. The molecule has 0 heterocycles. The van der Waals surface area contributed by atoms with Gasteiger partial charge in [-0.15, -0.1) is 0 Å². The second-order valence-corrected chi connectivity index (χ2v) is 7.34. The lowest BCUT2D eigenvalue weighted by molar-refractivity contribution is -0.117. The maximum absolute atomic E-state index is 13.5. The molecule has 0 saturated carbocycles. The molecule has 0 bridgehead atoms. The Morgan fingerprint density at radius 3 is 2.50 bits per heavy atom. The number of para-hydroxylation sites is 1. The summed E-state index contributed by atoms with van der Waals surface area (Å²) in [6.07, 6.45) is 0. The van der Waals surface area contributed by atoms with E-state index >= 15 is 0 Å². The first-order valence-corrected chi connectivity index (χ1v) is 8.90. The van der Waals surface area contributed by atoms with Gasteiger partial charge in [-0.25, -0.2) is 12.8 Å². The van der Waals surface area contributed by atoms with E-state index in [9.17, 15) is 17.6 Å². The van der Waals surface area contributed by atoms with Crippen LogP contribution in [0.3, 0.4) is 0 Å². The van der Waals surface area contributed by atoms with Crippen LogP contribution in [-0.2, 0) is 14.8 Å². The van der Waals surface area contributed by atoms with Gasteiger partial charge >= 0.3 is 0 Å². The molecule has 2 N–H and O–H groups in total. The number of sulfonamides is 1. The van der Waals surface area contributed by atoms with Crippen LogP contribution in [0, 0.1) is 12.7 Å². The van der Waals surface area contributed by atoms with Gasteiger partial charge in [-0.3, -0.25) is 4.79 Å². The van der Waals surface area contributed by atoms with E-state index in [2.05, 4.69) is 10.0 Å². The summed E-state index contributed by atoms with van der Waals surface area (Å²) in [6, 6.07) is 8.79. The number of benzene rings is 2. The van der Waals surface area contributed by atoms with E-state index in [-0.39, 0.29) is 10.6 Å². The van der Waals surface area contributed by atoms with E-state index in [0.29, 0.717) is 5.02 Å². The molecule has 0 fully saturated rings. The summed E-state index contributed by atoms with van der Waals surface area (Å²) in [4.78, 5) is 12.0. The minimum absolute atomic E-state index is 0.0214. The van der Waals surface area contributed by atoms with E-state index in [1.807, 2.05) is 0 Å². The van der Waals surface area contributed by atoms with Gasteiger partial charge < -0.3 is 5.32 Å². The monoisotopic (exact) mass is 370 g/mol. The molecule has 0 aromatic heterocycles. The molecule has 0 aliphatic heterocycles. The molecule has 1 amide bonds. The van der Waals surface area contributed by atoms with Gasteiger partial charge in [0.25, 0.3) is 0 Å².